The average Bonchev–Trinajstić information content (AvgIpc) is 3.01. The number of carbonyl (C=O) groups is 4. The third kappa shape index (κ3) is 4.87. The number of nitrogens with one attached hydrogen (secondary N) is 1. The minimum absolute atomic E-state index is 0.0795. The molecule has 164 valence electrons. The molecule has 31 heavy (non-hydrogen) atoms. The molecule has 1 aliphatic carbocycles. The van der Waals surface area contributed by atoms with Crippen LogP contribution in [0.25, 0.3) is 0 Å². The second-order valence-corrected chi connectivity index (χ2v) is 7.08. The molecule has 3 amide bonds. The SMILES string of the molecule is COc1cc([N+](=O)[O-])ccc1NC(=O)COC(=O)CCN1C(=O)[C@@H]2CC=CC[C@H]2C1=O. The van der Waals surface area contributed by atoms with Gasteiger partial charge >= 0.3 is 5.97 Å². The van der Waals surface area contributed by atoms with Crippen LogP contribution in [-0.2, 0) is 23.9 Å². The quantitative estimate of drug-likeness (QED) is 0.214. The maximum Gasteiger partial charge on any atom is 0.308 e. The number of fused-ring (bicyclic) bond motifs is 1. The number of amides is 3. The van der Waals surface area contributed by atoms with E-state index >= 15 is 0 Å². The van der Waals surface area contributed by atoms with Crippen molar-refractivity contribution in [1.29, 1.82) is 0 Å². The molecule has 0 radical (unpaired) electrons. The minimum Gasteiger partial charge on any atom is -0.494 e. The molecule has 1 N–H and O–H groups in total. The lowest BCUT2D eigenvalue weighted by atomic mass is 9.85. The summed E-state index contributed by atoms with van der Waals surface area (Å²) >= 11 is 0. The lowest BCUT2D eigenvalue weighted by molar-refractivity contribution is -0.384. The fourth-order valence-electron chi connectivity index (χ4n) is 3.59. The molecule has 1 fully saturated rings. The molecule has 1 aromatic rings. The number of ether oxygens (including phenoxy) is 2. The van der Waals surface area contributed by atoms with Gasteiger partial charge in [0.2, 0.25) is 11.8 Å². The maximum absolute atomic E-state index is 12.4. The predicted octanol–water partition coefficient (Wildman–Crippen LogP) is 1.43. The summed E-state index contributed by atoms with van der Waals surface area (Å²) in [4.78, 5) is 60.0. The molecule has 3 rings (SSSR count). The van der Waals surface area contributed by atoms with Crippen molar-refractivity contribution in [2.24, 2.45) is 11.8 Å². The van der Waals surface area contributed by atoms with Gasteiger partial charge in [-0.1, -0.05) is 12.2 Å². The normalized spacial score (nSPS) is 19.7. The van der Waals surface area contributed by atoms with Gasteiger partial charge < -0.3 is 14.8 Å². The smallest absolute Gasteiger partial charge is 0.308 e. The zero-order valence-corrected chi connectivity index (χ0v) is 16.7. The highest BCUT2D eigenvalue weighted by Gasteiger charge is 2.46. The number of benzene rings is 1. The molecule has 0 unspecified atom stereocenters. The number of anilines is 1. The van der Waals surface area contributed by atoms with E-state index in [-0.39, 0.29) is 53.7 Å². The van der Waals surface area contributed by atoms with Crippen molar-refractivity contribution in [3.05, 3.63) is 40.5 Å². The van der Waals surface area contributed by atoms with E-state index in [0.717, 1.165) is 11.0 Å². The highest BCUT2D eigenvalue weighted by molar-refractivity contribution is 6.05. The van der Waals surface area contributed by atoms with Crippen LogP contribution >= 0.6 is 0 Å². The Morgan fingerprint density at radius 1 is 1.19 bits per heavy atom. The lowest BCUT2D eigenvalue weighted by Gasteiger charge is -2.14. The maximum atomic E-state index is 12.4. The number of carbonyl (C=O) groups excluding carboxylic acids is 4. The van der Waals surface area contributed by atoms with Crippen LogP contribution in [0.2, 0.25) is 0 Å². The zero-order valence-electron chi connectivity index (χ0n) is 16.7. The molecule has 1 heterocycles. The van der Waals surface area contributed by atoms with Gasteiger partial charge in [-0.2, -0.15) is 0 Å². The topological polar surface area (TPSA) is 145 Å². The molecule has 2 atom stereocenters. The number of esters is 1. The van der Waals surface area contributed by atoms with Crippen LogP contribution in [-0.4, -0.2) is 53.8 Å². The van der Waals surface area contributed by atoms with Crippen molar-refractivity contribution < 1.29 is 33.6 Å². The molecule has 11 heteroatoms. The van der Waals surface area contributed by atoms with Gasteiger partial charge in [0.25, 0.3) is 11.6 Å². The summed E-state index contributed by atoms with van der Waals surface area (Å²) in [5.74, 6) is -2.63. The molecule has 2 aliphatic rings. The highest BCUT2D eigenvalue weighted by Crippen LogP contribution is 2.35. The van der Waals surface area contributed by atoms with Gasteiger partial charge in [0.15, 0.2) is 6.61 Å². The summed E-state index contributed by atoms with van der Waals surface area (Å²) in [6.07, 6.45) is 4.56. The molecule has 1 aliphatic heterocycles. The summed E-state index contributed by atoms with van der Waals surface area (Å²) in [5.41, 5.74) is -0.0264. The Labute approximate surface area is 177 Å². The lowest BCUT2D eigenvalue weighted by Crippen LogP contribution is -2.33. The fraction of sp³-hybridized carbons (Fsp3) is 0.400. The number of nitro benzene ring substituents is 1. The Morgan fingerprint density at radius 2 is 1.84 bits per heavy atom. The number of methoxy groups -OCH3 is 1. The molecule has 0 bridgehead atoms. The zero-order chi connectivity index (χ0) is 22.5. The second-order valence-electron chi connectivity index (χ2n) is 7.08. The van der Waals surface area contributed by atoms with E-state index in [1.54, 1.807) is 0 Å². The van der Waals surface area contributed by atoms with Gasteiger partial charge in [0.05, 0.1) is 42.0 Å². The molecular weight excluding hydrogens is 410 g/mol. The number of hydrogen-bond acceptors (Lipinski definition) is 8. The first-order chi connectivity index (χ1) is 14.8. The van der Waals surface area contributed by atoms with Crippen LogP contribution < -0.4 is 10.1 Å². The Morgan fingerprint density at radius 3 is 2.42 bits per heavy atom. The number of hydrogen-bond donors (Lipinski definition) is 1. The van der Waals surface area contributed by atoms with E-state index in [0.29, 0.717) is 12.8 Å². The summed E-state index contributed by atoms with van der Waals surface area (Å²) in [6.45, 7) is -0.697. The van der Waals surface area contributed by atoms with E-state index < -0.39 is 23.4 Å². The van der Waals surface area contributed by atoms with Crippen molar-refractivity contribution in [3.8, 4) is 5.75 Å². The van der Waals surface area contributed by atoms with Crippen LogP contribution in [0.4, 0.5) is 11.4 Å². The van der Waals surface area contributed by atoms with Gasteiger partial charge in [-0.3, -0.25) is 34.2 Å². The minimum atomic E-state index is -0.737. The Kier molecular flexibility index (Phi) is 6.63. The van der Waals surface area contributed by atoms with Crippen LogP contribution in [0.1, 0.15) is 19.3 Å². The molecule has 0 saturated carbocycles. The largest absolute Gasteiger partial charge is 0.494 e. The third-order valence-corrected chi connectivity index (χ3v) is 5.17. The van der Waals surface area contributed by atoms with Crippen LogP contribution in [0.5, 0.6) is 5.75 Å². The number of nitrogens with zero attached hydrogens (tertiary/aromatic N) is 2. The summed E-state index contributed by atoms with van der Waals surface area (Å²) in [7, 11) is 1.29. The fourth-order valence-corrected chi connectivity index (χ4v) is 3.59. The summed E-state index contributed by atoms with van der Waals surface area (Å²) in [5, 5.41) is 13.2. The molecular formula is C20H21N3O8. The average molecular weight is 431 g/mol. The molecule has 1 aromatic carbocycles. The van der Waals surface area contributed by atoms with Gasteiger partial charge in [-0.05, 0) is 18.9 Å². The van der Waals surface area contributed by atoms with E-state index in [1.807, 2.05) is 12.2 Å². The first-order valence-electron chi connectivity index (χ1n) is 9.60. The summed E-state index contributed by atoms with van der Waals surface area (Å²) in [6, 6.07) is 3.65. The third-order valence-electron chi connectivity index (χ3n) is 5.17. The Balaban J connectivity index is 1.47. The number of rotatable bonds is 8. The van der Waals surface area contributed by atoms with Crippen molar-refractivity contribution in [2.75, 3.05) is 25.6 Å². The number of allylic oxidation sites excluding steroid dienone is 2. The number of likely N-dealkylation sites (tertiary alicyclic amines) is 1. The number of non-ortho nitro benzene ring substituents is 1. The molecule has 0 aromatic heterocycles. The van der Waals surface area contributed by atoms with Gasteiger partial charge in [-0.25, -0.2) is 0 Å². The number of nitro groups is 1. The van der Waals surface area contributed by atoms with Crippen molar-refractivity contribution in [1.82, 2.24) is 4.90 Å². The predicted molar refractivity (Wildman–Crippen MR) is 106 cm³/mol. The van der Waals surface area contributed by atoms with Crippen molar-refractivity contribution in [2.45, 2.75) is 19.3 Å². The molecule has 1 saturated heterocycles. The van der Waals surface area contributed by atoms with Gasteiger partial charge in [-0.15, -0.1) is 0 Å². The van der Waals surface area contributed by atoms with E-state index in [1.165, 1.54) is 19.2 Å². The first-order valence-corrected chi connectivity index (χ1v) is 9.60. The first kappa shape index (κ1) is 21.9. The molecule has 0 spiro atoms. The van der Waals surface area contributed by atoms with Crippen LogP contribution in [0, 0.1) is 22.0 Å². The number of imide groups is 1. The van der Waals surface area contributed by atoms with Crippen LogP contribution in [0.3, 0.4) is 0 Å². The van der Waals surface area contributed by atoms with Crippen molar-refractivity contribution >= 4 is 35.1 Å². The van der Waals surface area contributed by atoms with E-state index in [9.17, 15) is 29.3 Å². The van der Waals surface area contributed by atoms with E-state index in [4.69, 9.17) is 9.47 Å². The summed E-state index contributed by atoms with van der Waals surface area (Å²) < 4.78 is 9.92. The second kappa shape index (κ2) is 9.37. The van der Waals surface area contributed by atoms with Gasteiger partial charge in [0, 0.05) is 12.6 Å². The Hall–Kier alpha value is -3.76. The standard InChI is InChI=1S/C20H21N3O8/c1-30-16-10-12(23(28)29)6-7-15(16)21-17(24)11-31-18(25)8-9-22-19(26)13-4-2-3-5-14(13)20(22)27/h2-3,6-7,10,13-14H,4-5,8-9,11H2,1H3,(H,21,24)/t13-,14-/m1/s1. The monoisotopic (exact) mass is 431 g/mol. The van der Waals surface area contributed by atoms with Gasteiger partial charge in [0.1, 0.15) is 5.75 Å². The van der Waals surface area contributed by atoms with E-state index in [2.05, 4.69) is 5.32 Å². The highest BCUT2D eigenvalue weighted by atomic mass is 16.6. The van der Waals surface area contributed by atoms with Crippen molar-refractivity contribution in [3.63, 3.8) is 0 Å². The van der Waals surface area contributed by atoms with Crippen LogP contribution in [0.15, 0.2) is 30.4 Å². The Bertz CT molecular complexity index is 932. The molecule has 11 nitrogen and oxygen atoms in total.